The van der Waals surface area contributed by atoms with Crippen molar-refractivity contribution in [2.75, 3.05) is 48.9 Å². The number of nitrogens with zero attached hydrogens (tertiary/aromatic N) is 2. The molecule has 2 heterocycles. The molecule has 0 saturated carbocycles. The Morgan fingerprint density at radius 3 is 2.60 bits per heavy atom. The fourth-order valence-electron chi connectivity index (χ4n) is 5.49. The maximum atomic E-state index is 13.8. The van der Waals surface area contributed by atoms with E-state index < -0.39 is 11.4 Å². The number of nitrogen functional groups attached to an aromatic ring is 1. The van der Waals surface area contributed by atoms with Crippen LogP contribution in [0.15, 0.2) is 72.9 Å². The maximum Gasteiger partial charge on any atom is 0.248 e. The second kappa shape index (κ2) is 12.6. The van der Waals surface area contributed by atoms with E-state index in [1.54, 1.807) is 6.20 Å². The highest BCUT2D eigenvalue weighted by atomic mass is 16.5. The number of carbonyl (C=O) groups is 1. The zero-order valence-electron chi connectivity index (χ0n) is 24.4. The Morgan fingerprint density at radius 1 is 1.07 bits per heavy atom. The molecule has 0 spiro atoms. The Morgan fingerprint density at radius 2 is 1.86 bits per heavy atom. The van der Waals surface area contributed by atoms with Gasteiger partial charge in [0.05, 0.1) is 25.9 Å². The molecule has 9 heteroatoms. The van der Waals surface area contributed by atoms with Gasteiger partial charge < -0.3 is 35.9 Å². The number of para-hydroxylation sites is 1. The summed E-state index contributed by atoms with van der Waals surface area (Å²) in [5.74, 6) is 1.08. The highest BCUT2D eigenvalue weighted by Crippen LogP contribution is 2.39. The van der Waals surface area contributed by atoms with E-state index >= 15 is 0 Å². The van der Waals surface area contributed by atoms with Crippen molar-refractivity contribution in [3.8, 4) is 11.5 Å². The van der Waals surface area contributed by atoms with E-state index in [9.17, 15) is 4.79 Å². The Balaban J connectivity index is 1.66. The lowest BCUT2D eigenvalue weighted by atomic mass is 9.81. The molecule has 1 aromatic heterocycles. The fraction of sp³-hybridized carbons (Fsp3) is 0.333. The average molecular weight is 570 g/mol. The number of amides is 1. The summed E-state index contributed by atoms with van der Waals surface area (Å²) in [6.07, 6.45) is 1.92. The van der Waals surface area contributed by atoms with Crippen molar-refractivity contribution >= 4 is 33.9 Å². The molecule has 9 nitrogen and oxygen atoms in total. The molecule has 1 unspecified atom stereocenters. The third-order valence-corrected chi connectivity index (χ3v) is 7.47. The summed E-state index contributed by atoms with van der Waals surface area (Å²) >= 11 is 0. The summed E-state index contributed by atoms with van der Waals surface area (Å²) in [7, 11) is 0. The second-order valence-electron chi connectivity index (χ2n) is 10.7. The van der Waals surface area contributed by atoms with E-state index in [1.165, 1.54) is 0 Å². The molecule has 1 fully saturated rings. The van der Waals surface area contributed by atoms with Gasteiger partial charge in [0.25, 0.3) is 0 Å². The minimum Gasteiger partial charge on any atom is -0.490 e. The molecule has 1 aliphatic rings. The van der Waals surface area contributed by atoms with Gasteiger partial charge in [-0.2, -0.15) is 0 Å². The molecule has 0 radical (unpaired) electrons. The van der Waals surface area contributed by atoms with Crippen LogP contribution in [0.2, 0.25) is 0 Å². The number of hydrogen-bond donors (Lipinski definition) is 3. The smallest absolute Gasteiger partial charge is 0.248 e. The first-order valence-electron chi connectivity index (χ1n) is 14.4. The van der Waals surface area contributed by atoms with Crippen LogP contribution in [-0.4, -0.2) is 49.9 Å². The first-order chi connectivity index (χ1) is 20.3. The molecule has 0 aliphatic carbocycles. The van der Waals surface area contributed by atoms with Gasteiger partial charge in [-0.1, -0.05) is 24.3 Å². The molecule has 1 aliphatic heterocycles. The van der Waals surface area contributed by atoms with Crippen LogP contribution in [0.4, 0.5) is 17.2 Å². The minimum absolute atomic E-state index is 0.0472. The summed E-state index contributed by atoms with van der Waals surface area (Å²) in [5, 5.41) is 5.28. The number of pyridine rings is 1. The van der Waals surface area contributed by atoms with Gasteiger partial charge in [-0.05, 0) is 79.7 Å². The zero-order valence-corrected chi connectivity index (χ0v) is 24.4. The highest BCUT2D eigenvalue weighted by Gasteiger charge is 2.41. The van der Waals surface area contributed by atoms with Crippen LogP contribution < -0.4 is 31.2 Å². The van der Waals surface area contributed by atoms with Gasteiger partial charge in [0.2, 0.25) is 5.91 Å². The molecule has 1 atom stereocenters. The molecule has 5 rings (SSSR count). The van der Waals surface area contributed by atoms with Crippen LogP contribution in [0, 0.1) is 0 Å². The number of aromatic nitrogens is 1. The fourth-order valence-corrected chi connectivity index (χ4v) is 5.49. The predicted molar refractivity (Wildman–Crippen MR) is 167 cm³/mol. The van der Waals surface area contributed by atoms with Crippen LogP contribution in [0.1, 0.15) is 31.9 Å². The standard InChI is InChI=1S/C33H39N5O4/c1-4-41-30-20-25(9-12-29(30)42-22(2)3)33(32(35)39,37-26-10-11-27-23(19-26)13-14-36-31(27)34)21-24-7-5-6-8-28(24)38-15-17-40-18-16-38/h5-14,19-20,22,37H,4,15-18,21H2,1-3H3,(H2,34,36)(H2,35,39). The highest BCUT2D eigenvalue weighted by molar-refractivity contribution is 5.95. The Hall–Kier alpha value is -4.50. The number of fused-ring (bicyclic) bond motifs is 1. The van der Waals surface area contributed by atoms with E-state index in [-0.39, 0.29) is 6.10 Å². The number of anilines is 3. The minimum atomic E-state index is -1.34. The molecule has 0 bridgehead atoms. The SMILES string of the molecule is CCOc1cc(C(Cc2ccccc2N2CCOCC2)(Nc2ccc3c(N)nccc3c2)C(N)=O)ccc1OC(C)C. The van der Waals surface area contributed by atoms with Crippen molar-refractivity contribution in [3.63, 3.8) is 0 Å². The summed E-state index contributed by atoms with van der Waals surface area (Å²) < 4.78 is 17.6. The quantitative estimate of drug-likeness (QED) is 0.234. The first kappa shape index (κ1) is 29.0. The topological polar surface area (TPSA) is 125 Å². The largest absolute Gasteiger partial charge is 0.490 e. The molecule has 3 aromatic carbocycles. The summed E-state index contributed by atoms with van der Waals surface area (Å²) in [6, 6.07) is 21.4. The van der Waals surface area contributed by atoms with E-state index in [0.717, 1.165) is 40.8 Å². The number of nitrogens with two attached hydrogens (primary N) is 2. The number of primary amides is 1. The van der Waals surface area contributed by atoms with E-state index in [2.05, 4.69) is 27.3 Å². The third kappa shape index (κ3) is 6.06. The van der Waals surface area contributed by atoms with Gasteiger partial charge in [-0.15, -0.1) is 0 Å². The molecule has 5 N–H and O–H groups in total. The van der Waals surface area contributed by atoms with Gasteiger partial charge in [0.15, 0.2) is 11.5 Å². The maximum absolute atomic E-state index is 13.8. The van der Waals surface area contributed by atoms with Crippen molar-refractivity contribution in [3.05, 3.63) is 84.1 Å². The van der Waals surface area contributed by atoms with E-state index in [0.29, 0.717) is 49.1 Å². The number of rotatable bonds is 11. The summed E-state index contributed by atoms with van der Waals surface area (Å²) in [5.41, 5.74) is 14.6. The van der Waals surface area contributed by atoms with E-state index in [4.69, 9.17) is 25.7 Å². The number of carbonyl (C=O) groups excluding carboxylic acids is 1. The molecule has 4 aromatic rings. The summed E-state index contributed by atoms with van der Waals surface area (Å²) in [4.78, 5) is 20.3. The van der Waals surface area contributed by atoms with Crippen LogP contribution in [-0.2, 0) is 21.5 Å². The lowest BCUT2D eigenvalue weighted by Crippen LogP contribution is -2.50. The number of hydrogen-bond acceptors (Lipinski definition) is 8. The van der Waals surface area contributed by atoms with Crippen LogP contribution >= 0.6 is 0 Å². The van der Waals surface area contributed by atoms with E-state index in [1.807, 2.05) is 75.4 Å². The molecular weight excluding hydrogens is 530 g/mol. The Kier molecular flexibility index (Phi) is 8.68. The number of benzene rings is 3. The second-order valence-corrected chi connectivity index (χ2v) is 10.7. The van der Waals surface area contributed by atoms with Crippen molar-refractivity contribution in [1.29, 1.82) is 0 Å². The van der Waals surface area contributed by atoms with Crippen LogP contribution in [0.25, 0.3) is 10.8 Å². The first-order valence-corrected chi connectivity index (χ1v) is 14.4. The Bertz CT molecular complexity index is 1550. The number of ether oxygens (including phenoxy) is 3. The van der Waals surface area contributed by atoms with Crippen molar-refractivity contribution in [2.24, 2.45) is 5.73 Å². The molecule has 220 valence electrons. The lowest BCUT2D eigenvalue weighted by molar-refractivity contribution is -0.122. The van der Waals surface area contributed by atoms with Gasteiger partial charge in [0.1, 0.15) is 11.4 Å². The number of nitrogens with one attached hydrogen (secondary N) is 1. The molecule has 1 amide bonds. The van der Waals surface area contributed by atoms with Crippen molar-refractivity contribution in [1.82, 2.24) is 4.98 Å². The predicted octanol–water partition coefficient (Wildman–Crippen LogP) is 4.87. The lowest BCUT2D eigenvalue weighted by Gasteiger charge is -2.36. The average Bonchev–Trinajstić information content (AvgIpc) is 2.98. The normalized spacial score (nSPS) is 14.9. The van der Waals surface area contributed by atoms with Gasteiger partial charge >= 0.3 is 0 Å². The van der Waals surface area contributed by atoms with Crippen molar-refractivity contribution in [2.45, 2.75) is 38.8 Å². The van der Waals surface area contributed by atoms with Crippen molar-refractivity contribution < 1.29 is 19.0 Å². The van der Waals surface area contributed by atoms with Gasteiger partial charge in [-0.25, -0.2) is 4.98 Å². The third-order valence-electron chi connectivity index (χ3n) is 7.47. The Labute approximate surface area is 246 Å². The van der Waals surface area contributed by atoms with Gasteiger partial charge in [-0.3, -0.25) is 4.79 Å². The molecule has 42 heavy (non-hydrogen) atoms. The number of morpholine rings is 1. The molecular formula is C33H39N5O4. The van der Waals surface area contributed by atoms with Gasteiger partial charge in [0, 0.05) is 42.5 Å². The summed E-state index contributed by atoms with van der Waals surface area (Å²) in [6.45, 7) is 9.12. The monoisotopic (exact) mass is 569 g/mol. The van der Waals surface area contributed by atoms with Crippen LogP contribution in [0.3, 0.4) is 0 Å². The van der Waals surface area contributed by atoms with Crippen LogP contribution in [0.5, 0.6) is 11.5 Å². The zero-order chi connectivity index (χ0) is 29.7. The molecule has 1 saturated heterocycles.